The summed E-state index contributed by atoms with van der Waals surface area (Å²) in [6.07, 6.45) is 5.69. The molecule has 0 spiro atoms. The molecule has 1 fully saturated rings. The van der Waals surface area contributed by atoms with Crippen LogP contribution in [0.25, 0.3) is 0 Å². The molecule has 0 heterocycles. The minimum Gasteiger partial charge on any atom is -0.388 e. The second kappa shape index (κ2) is 6.20. The van der Waals surface area contributed by atoms with Crippen LogP contribution in [-0.2, 0) is 10.0 Å². The summed E-state index contributed by atoms with van der Waals surface area (Å²) in [5.74, 6) is 0.165. The Morgan fingerprint density at radius 3 is 2.50 bits per heavy atom. The highest BCUT2D eigenvalue weighted by Gasteiger charge is 2.27. The van der Waals surface area contributed by atoms with E-state index in [2.05, 4.69) is 4.72 Å². The molecule has 1 saturated carbocycles. The van der Waals surface area contributed by atoms with Crippen molar-refractivity contribution < 1.29 is 8.42 Å². The molecule has 0 atom stereocenters. The summed E-state index contributed by atoms with van der Waals surface area (Å²) < 4.78 is 26.1. The summed E-state index contributed by atoms with van der Waals surface area (Å²) in [7, 11) is -3.10. The van der Waals surface area contributed by atoms with E-state index >= 15 is 0 Å². The van der Waals surface area contributed by atoms with Crippen molar-refractivity contribution in [3.63, 3.8) is 0 Å². The Balaban J connectivity index is 2.18. The van der Waals surface area contributed by atoms with Gasteiger partial charge in [0, 0.05) is 13.0 Å². The zero-order valence-electron chi connectivity index (χ0n) is 9.54. The predicted octanol–water partition coefficient (Wildman–Crippen LogP) is 0.955. The molecule has 0 amide bonds. The maximum absolute atomic E-state index is 11.8. The molecule has 1 rings (SSSR count). The Kier molecular flexibility index (Phi) is 5.21. The molecule has 94 valence electrons. The zero-order valence-corrected chi connectivity index (χ0v) is 10.4. The van der Waals surface area contributed by atoms with Crippen molar-refractivity contribution in [2.24, 2.45) is 5.73 Å². The van der Waals surface area contributed by atoms with Gasteiger partial charge in [0.05, 0.1) is 11.1 Å². The van der Waals surface area contributed by atoms with Crippen LogP contribution in [0.3, 0.4) is 0 Å². The van der Waals surface area contributed by atoms with Crippen LogP contribution in [0.5, 0.6) is 0 Å². The van der Waals surface area contributed by atoms with Crippen LogP contribution in [0, 0.1) is 5.41 Å². The van der Waals surface area contributed by atoms with Gasteiger partial charge in [-0.05, 0) is 25.7 Å². The lowest BCUT2D eigenvalue weighted by Gasteiger charge is -2.11. The SMILES string of the molecule is N=C(N)CCCCNS(=O)(=O)C1CCCC1. The number of rotatable bonds is 7. The first-order valence-electron chi connectivity index (χ1n) is 5.84. The fourth-order valence-corrected chi connectivity index (χ4v) is 3.59. The molecule has 0 aromatic carbocycles. The molecule has 0 aromatic rings. The van der Waals surface area contributed by atoms with E-state index in [1.54, 1.807) is 0 Å². The quantitative estimate of drug-likeness (QED) is 0.355. The number of unbranched alkanes of at least 4 members (excludes halogenated alkanes) is 1. The Labute approximate surface area is 97.4 Å². The average molecular weight is 247 g/mol. The number of nitrogens with two attached hydrogens (primary N) is 1. The zero-order chi connectivity index (χ0) is 12.0. The van der Waals surface area contributed by atoms with Crippen molar-refractivity contribution in [3.8, 4) is 0 Å². The van der Waals surface area contributed by atoms with E-state index in [9.17, 15) is 8.42 Å². The summed E-state index contributed by atoms with van der Waals surface area (Å²) >= 11 is 0. The van der Waals surface area contributed by atoms with Gasteiger partial charge in [-0.25, -0.2) is 13.1 Å². The Hall–Kier alpha value is -0.620. The third kappa shape index (κ3) is 4.49. The van der Waals surface area contributed by atoms with Crippen LogP contribution in [0.15, 0.2) is 0 Å². The highest BCUT2D eigenvalue weighted by molar-refractivity contribution is 7.90. The van der Waals surface area contributed by atoms with Crippen molar-refractivity contribution in [1.29, 1.82) is 5.41 Å². The van der Waals surface area contributed by atoms with E-state index in [-0.39, 0.29) is 11.1 Å². The lowest BCUT2D eigenvalue weighted by molar-refractivity contribution is 0.561. The molecule has 4 N–H and O–H groups in total. The monoisotopic (exact) mass is 247 g/mol. The third-order valence-corrected chi connectivity index (χ3v) is 4.87. The molecule has 6 heteroatoms. The fraction of sp³-hybridized carbons (Fsp3) is 0.900. The van der Waals surface area contributed by atoms with Crippen LogP contribution in [0.4, 0.5) is 0 Å². The average Bonchev–Trinajstić information content (AvgIpc) is 2.69. The smallest absolute Gasteiger partial charge is 0.214 e. The second-order valence-electron chi connectivity index (χ2n) is 4.33. The van der Waals surface area contributed by atoms with Crippen molar-refractivity contribution >= 4 is 15.9 Å². The number of sulfonamides is 1. The summed E-state index contributed by atoms with van der Waals surface area (Å²) in [5.41, 5.74) is 5.20. The van der Waals surface area contributed by atoms with Crippen molar-refractivity contribution in [2.45, 2.75) is 50.2 Å². The topological polar surface area (TPSA) is 96.0 Å². The van der Waals surface area contributed by atoms with E-state index < -0.39 is 10.0 Å². The molecule has 0 aliphatic heterocycles. The molecule has 5 nitrogen and oxygen atoms in total. The van der Waals surface area contributed by atoms with Gasteiger partial charge >= 0.3 is 0 Å². The van der Waals surface area contributed by atoms with Crippen LogP contribution >= 0.6 is 0 Å². The summed E-state index contributed by atoms with van der Waals surface area (Å²) in [6, 6.07) is 0. The minimum absolute atomic E-state index is 0.165. The Morgan fingerprint density at radius 1 is 1.31 bits per heavy atom. The minimum atomic E-state index is -3.10. The lowest BCUT2D eigenvalue weighted by Crippen LogP contribution is -2.33. The molecular weight excluding hydrogens is 226 g/mol. The summed E-state index contributed by atoms with van der Waals surface area (Å²) in [4.78, 5) is 0. The van der Waals surface area contributed by atoms with Crippen molar-refractivity contribution in [1.82, 2.24) is 4.72 Å². The van der Waals surface area contributed by atoms with Crippen LogP contribution in [0.2, 0.25) is 0 Å². The molecule has 1 aliphatic rings. The summed E-state index contributed by atoms with van der Waals surface area (Å²) in [6.45, 7) is 0.464. The number of hydrogen-bond acceptors (Lipinski definition) is 3. The van der Waals surface area contributed by atoms with Gasteiger partial charge in [0.15, 0.2) is 0 Å². The normalized spacial score (nSPS) is 17.8. The van der Waals surface area contributed by atoms with Crippen molar-refractivity contribution in [2.75, 3.05) is 6.54 Å². The van der Waals surface area contributed by atoms with E-state index in [1.807, 2.05) is 0 Å². The molecule has 0 bridgehead atoms. The van der Waals surface area contributed by atoms with Gasteiger partial charge in [0.25, 0.3) is 0 Å². The molecular formula is C10H21N3O2S. The highest BCUT2D eigenvalue weighted by Crippen LogP contribution is 2.23. The van der Waals surface area contributed by atoms with E-state index in [0.29, 0.717) is 13.0 Å². The van der Waals surface area contributed by atoms with Gasteiger partial charge in [-0.2, -0.15) is 0 Å². The van der Waals surface area contributed by atoms with Crippen molar-refractivity contribution in [3.05, 3.63) is 0 Å². The first kappa shape index (κ1) is 13.4. The Morgan fingerprint density at radius 2 is 1.94 bits per heavy atom. The Bertz CT molecular complexity index is 321. The van der Waals surface area contributed by atoms with Gasteiger partial charge < -0.3 is 5.73 Å². The molecule has 16 heavy (non-hydrogen) atoms. The molecule has 1 aliphatic carbocycles. The second-order valence-corrected chi connectivity index (χ2v) is 6.37. The fourth-order valence-electron chi connectivity index (χ4n) is 1.97. The number of hydrogen-bond donors (Lipinski definition) is 3. The first-order chi connectivity index (χ1) is 7.52. The molecule has 0 saturated heterocycles. The standard InChI is InChI=1S/C10H21N3O2S/c11-10(12)7-3-4-8-13-16(14,15)9-5-1-2-6-9/h9,13H,1-8H2,(H3,11,12). The van der Waals surface area contributed by atoms with Gasteiger partial charge in [0.2, 0.25) is 10.0 Å². The molecule has 0 unspecified atom stereocenters. The van der Waals surface area contributed by atoms with Crippen LogP contribution in [0.1, 0.15) is 44.9 Å². The van der Waals surface area contributed by atoms with Gasteiger partial charge in [0.1, 0.15) is 0 Å². The largest absolute Gasteiger partial charge is 0.388 e. The summed E-state index contributed by atoms with van der Waals surface area (Å²) in [5, 5.41) is 6.85. The van der Waals surface area contributed by atoms with E-state index in [4.69, 9.17) is 11.1 Å². The number of amidine groups is 1. The molecule has 0 aromatic heterocycles. The molecule has 0 radical (unpaired) electrons. The predicted molar refractivity (Wildman–Crippen MR) is 64.9 cm³/mol. The van der Waals surface area contributed by atoms with Gasteiger partial charge in [-0.1, -0.05) is 12.8 Å². The maximum atomic E-state index is 11.8. The maximum Gasteiger partial charge on any atom is 0.214 e. The highest BCUT2D eigenvalue weighted by atomic mass is 32.2. The van der Waals surface area contributed by atoms with Crippen LogP contribution in [-0.4, -0.2) is 26.0 Å². The van der Waals surface area contributed by atoms with E-state index in [0.717, 1.165) is 38.5 Å². The third-order valence-electron chi connectivity index (χ3n) is 2.92. The number of nitrogens with one attached hydrogen (secondary N) is 2. The van der Waals surface area contributed by atoms with Gasteiger partial charge in [-0.15, -0.1) is 0 Å². The van der Waals surface area contributed by atoms with Crippen LogP contribution < -0.4 is 10.5 Å². The van der Waals surface area contributed by atoms with Gasteiger partial charge in [-0.3, -0.25) is 5.41 Å². The first-order valence-corrected chi connectivity index (χ1v) is 7.38. The lowest BCUT2D eigenvalue weighted by atomic mass is 10.2. The van der Waals surface area contributed by atoms with E-state index in [1.165, 1.54) is 0 Å².